The van der Waals surface area contributed by atoms with Crippen molar-refractivity contribution in [2.75, 3.05) is 0 Å². The molecule has 0 saturated heterocycles. The van der Waals surface area contributed by atoms with Gasteiger partial charge in [-0.15, -0.1) is 0 Å². The van der Waals surface area contributed by atoms with Gasteiger partial charge in [-0.05, 0) is 54.6 Å². The van der Waals surface area contributed by atoms with Crippen molar-refractivity contribution < 1.29 is 0 Å². The van der Waals surface area contributed by atoms with Crippen LogP contribution in [0.25, 0.3) is 82.5 Å². The smallest absolute Gasteiger partial charge is 0.0776 e. The van der Waals surface area contributed by atoms with Crippen LogP contribution < -0.4 is 15.6 Å². The Bertz CT molecular complexity index is 2890. The lowest BCUT2D eigenvalue weighted by Crippen LogP contribution is -2.37. The number of benzene rings is 7. The molecular formula is C51H51N3Si3. The van der Waals surface area contributed by atoms with Gasteiger partial charge in [0.15, 0.2) is 0 Å². The molecule has 10 aromatic rings. The average Bonchev–Trinajstić information content (AvgIpc) is 3.81. The normalized spacial score (nSPS) is 13.0. The number of hydrogen-bond donors (Lipinski definition) is 0. The second-order valence-electron chi connectivity index (χ2n) is 19.2. The summed E-state index contributed by atoms with van der Waals surface area (Å²) < 4.78 is 7.64. The van der Waals surface area contributed by atoms with Crippen molar-refractivity contribution in [1.29, 1.82) is 0 Å². The summed E-state index contributed by atoms with van der Waals surface area (Å²) in [7, 11) is -4.83. The van der Waals surface area contributed by atoms with Crippen LogP contribution in [0.15, 0.2) is 146 Å². The lowest BCUT2D eigenvalue weighted by atomic mass is 10.1. The summed E-state index contributed by atoms with van der Waals surface area (Å²) >= 11 is 0. The first-order valence-electron chi connectivity index (χ1n) is 20.4. The maximum atomic E-state index is 2.55. The van der Waals surface area contributed by atoms with Gasteiger partial charge in [0.05, 0.1) is 74.4 Å². The summed E-state index contributed by atoms with van der Waals surface area (Å²) in [4.78, 5) is 0. The standard InChI is InChI=1S/C51H51N3Si3/c1-55(2,3)37-22-25-43-40-16-10-13-19-46(40)52(49(43)31-37)34-28-35(53-47-20-14-11-17-41(47)44-26-23-38(32-50(44)53)56(4,5)6)30-36(29-34)54-48-21-15-12-18-42(48)45-27-24-39(33-51(45)54)57(7,8)9/h10-33H,1-9H3. The van der Waals surface area contributed by atoms with Crippen LogP contribution in [0, 0.1) is 0 Å². The molecule has 282 valence electrons. The number of rotatable bonds is 6. The van der Waals surface area contributed by atoms with Crippen LogP contribution in [0.2, 0.25) is 58.9 Å². The molecule has 57 heavy (non-hydrogen) atoms. The molecule has 7 aromatic carbocycles. The van der Waals surface area contributed by atoms with E-state index in [0.717, 1.165) is 0 Å². The van der Waals surface area contributed by atoms with Crippen LogP contribution in [0.4, 0.5) is 0 Å². The van der Waals surface area contributed by atoms with Gasteiger partial charge in [-0.1, -0.05) is 165 Å². The van der Waals surface area contributed by atoms with E-state index in [2.05, 4.69) is 218 Å². The third-order valence-corrected chi connectivity index (χ3v) is 18.4. The summed E-state index contributed by atoms with van der Waals surface area (Å²) in [6.45, 7) is 22.1. The van der Waals surface area contributed by atoms with Gasteiger partial charge in [-0.2, -0.15) is 0 Å². The molecule has 0 fully saturated rings. The SMILES string of the molecule is C[Si](C)(C)c1ccc2c3ccccc3n(-c3cc(-n4c5ccccc5c5ccc([Si](C)(C)C)cc54)cc(-n4c5ccccc5c5ccc([Si](C)(C)C)cc54)c3)c2c1. The molecule has 10 rings (SSSR count). The zero-order valence-corrected chi connectivity index (χ0v) is 37.7. The third-order valence-electron chi connectivity index (χ3n) is 12.3. The van der Waals surface area contributed by atoms with E-state index in [4.69, 9.17) is 0 Å². The minimum Gasteiger partial charge on any atom is -0.309 e. The molecule has 0 aliphatic rings. The molecule has 0 N–H and O–H groups in total. The van der Waals surface area contributed by atoms with E-state index in [9.17, 15) is 0 Å². The second-order valence-corrected chi connectivity index (χ2v) is 34.4. The summed E-state index contributed by atoms with van der Waals surface area (Å²) in [6, 6.07) is 56.0. The van der Waals surface area contributed by atoms with Crippen molar-refractivity contribution in [3.63, 3.8) is 0 Å². The van der Waals surface area contributed by atoms with Crippen LogP contribution in [-0.4, -0.2) is 37.9 Å². The fraction of sp³-hybridized carbons (Fsp3) is 0.176. The molecule has 0 spiro atoms. The molecule has 0 atom stereocenters. The van der Waals surface area contributed by atoms with Crippen molar-refractivity contribution in [2.45, 2.75) is 58.9 Å². The monoisotopic (exact) mass is 789 g/mol. The Labute approximate surface area is 338 Å². The van der Waals surface area contributed by atoms with Crippen LogP contribution in [0.3, 0.4) is 0 Å². The van der Waals surface area contributed by atoms with E-state index in [1.165, 1.54) is 98.0 Å². The van der Waals surface area contributed by atoms with E-state index in [0.29, 0.717) is 0 Å². The first-order chi connectivity index (χ1) is 27.2. The van der Waals surface area contributed by atoms with Crippen LogP contribution in [-0.2, 0) is 0 Å². The molecule has 3 heterocycles. The quantitative estimate of drug-likeness (QED) is 0.149. The zero-order valence-electron chi connectivity index (χ0n) is 34.7. The van der Waals surface area contributed by atoms with Crippen molar-refractivity contribution in [3.8, 4) is 17.1 Å². The molecule has 0 unspecified atom stereocenters. The average molecular weight is 790 g/mol. The highest BCUT2D eigenvalue weighted by atomic mass is 28.3. The predicted octanol–water partition coefficient (Wildman–Crippen LogP) is 12.6. The molecule has 0 radical (unpaired) electrons. The first-order valence-corrected chi connectivity index (χ1v) is 30.9. The van der Waals surface area contributed by atoms with Gasteiger partial charge in [0.2, 0.25) is 0 Å². The predicted molar refractivity (Wildman–Crippen MR) is 258 cm³/mol. The van der Waals surface area contributed by atoms with Gasteiger partial charge in [-0.3, -0.25) is 0 Å². The molecule has 0 aliphatic carbocycles. The van der Waals surface area contributed by atoms with Gasteiger partial charge < -0.3 is 13.7 Å². The maximum absolute atomic E-state index is 2.55. The minimum atomic E-state index is -1.61. The molecule has 6 heteroatoms. The minimum absolute atomic E-state index is 1.17. The van der Waals surface area contributed by atoms with Gasteiger partial charge in [0.1, 0.15) is 0 Å². The molecule has 0 saturated carbocycles. The van der Waals surface area contributed by atoms with E-state index in [-0.39, 0.29) is 0 Å². The number of nitrogens with zero attached hydrogens (tertiary/aromatic N) is 3. The van der Waals surface area contributed by atoms with Gasteiger partial charge in [0, 0.05) is 32.3 Å². The van der Waals surface area contributed by atoms with Crippen LogP contribution in [0.1, 0.15) is 0 Å². The van der Waals surface area contributed by atoms with Crippen molar-refractivity contribution in [3.05, 3.63) is 146 Å². The summed E-state index contributed by atoms with van der Waals surface area (Å²) in [6.07, 6.45) is 0. The highest BCUT2D eigenvalue weighted by Crippen LogP contribution is 2.39. The Morgan fingerprint density at radius 2 is 0.509 bits per heavy atom. The van der Waals surface area contributed by atoms with E-state index in [1.54, 1.807) is 0 Å². The Kier molecular flexibility index (Phi) is 7.92. The van der Waals surface area contributed by atoms with Crippen molar-refractivity contribution in [2.24, 2.45) is 0 Å². The number of aromatic nitrogens is 3. The number of hydrogen-bond acceptors (Lipinski definition) is 0. The summed E-state index contributed by atoms with van der Waals surface area (Å²) in [5.41, 5.74) is 11.0. The highest BCUT2D eigenvalue weighted by Gasteiger charge is 2.24. The largest absolute Gasteiger partial charge is 0.309 e. The van der Waals surface area contributed by atoms with E-state index < -0.39 is 24.2 Å². The van der Waals surface area contributed by atoms with Crippen molar-refractivity contribution in [1.82, 2.24) is 13.7 Å². The number of para-hydroxylation sites is 3. The number of fused-ring (bicyclic) bond motifs is 9. The molecule has 0 bridgehead atoms. The Morgan fingerprint density at radius 1 is 0.263 bits per heavy atom. The molecule has 3 aromatic heterocycles. The topological polar surface area (TPSA) is 14.8 Å². The third kappa shape index (κ3) is 5.71. The Hall–Kier alpha value is -5.41. The fourth-order valence-corrected chi connectivity index (χ4v) is 12.6. The molecule has 0 amide bonds. The highest BCUT2D eigenvalue weighted by molar-refractivity contribution is 6.89. The Morgan fingerprint density at radius 3 is 0.772 bits per heavy atom. The second kappa shape index (κ2) is 12.5. The Balaban J connectivity index is 1.38. The van der Waals surface area contributed by atoms with Gasteiger partial charge in [0.25, 0.3) is 0 Å². The zero-order chi connectivity index (χ0) is 39.6. The van der Waals surface area contributed by atoms with E-state index in [1.807, 2.05) is 0 Å². The molecular weight excluding hydrogens is 739 g/mol. The lowest BCUT2D eigenvalue weighted by Gasteiger charge is -2.20. The molecule has 0 aliphatic heterocycles. The van der Waals surface area contributed by atoms with Gasteiger partial charge >= 0.3 is 0 Å². The summed E-state index contributed by atoms with van der Waals surface area (Å²) in [5, 5.41) is 12.2. The van der Waals surface area contributed by atoms with Crippen molar-refractivity contribution >= 4 is 105 Å². The first kappa shape index (κ1) is 36.0. The lowest BCUT2D eigenvalue weighted by molar-refractivity contribution is 1.10. The maximum Gasteiger partial charge on any atom is 0.0776 e. The van der Waals surface area contributed by atoms with Crippen LogP contribution >= 0.6 is 0 Å². The fourth-order valence-electron chi connectivity index (χ4n) is 9.11. The van der Waals surface area contributed by atoms with Gasteiger partial charge in [-0.25, -0.2) is 0 Å². The summed E-state index contributed by atoms with van der Waals surface area (Å²) in [5.74, 6) is 0. The molecule has 3 nitrogen and oxygen atoms in total. The van der Waals surface area contributed by atoms with E-state index >= 15 is 0 Å². The van der Waals surface area contributed by atoms with Crippen LogP contribution in [0.5, 0.6) is 0 Å².